The SMILES string of the molecule is Nc1ccccc1NC(=O)CCCCCCC(=O)NCc1cccc(-c2cccc([C@H]3O[C@@H](CSc4ccccc4)C[C@@H](c4ccc(CO)cc4)O3)c2)c1. The van der Waals surface area contributed by atoms with E-state index in [1.165, 1.54) is 4.90 Å². The Kier molecular flexibility index (Phi) is 14.3. The number of anilines is 2. The van der Waals surface area contributed by atoms with Crippen molar-refractivity contribution in [3.05, 3.63) is 150 Å². The minimum atomic E-state index is -0.545. The molecule has 1 fully saturated rings. The van der Waals surface area contributed by atoms with Gasteiger partial charge < -0.3 is 30.9 Å². The zero-order valence-corrected chi connectivity index (χ0v) is 31.3. The molecule has 0 aliphatic carbocycles. The fourth-order valence-corrected chi connectivity index (χ4v) is 7.43. The molecule has 8 nitrogen and oxygen atoms in total. The van der Waals surface area contributed by atoms with Gasteiger partial charge in [0.15, 0.2) is 6.29 Å². The lowest BCUT2D eigenvalue weighted by molar-refractivity contribution is -0.245. The minimum Gasteiger partial charge on any atom is -0.397 e. The first-order valence-corrected chi connectivity index (χ1v) is 19.7. The molecule has 1 aliphatic rings. The van der Waals surface area contributed by atoms with Gasteiger partial charge >= 0.3 is 0 Å². The Morgan fingerprint density at radius 3 is 2.17 bits per heavy atom. The topological polar surface area (TPSA) is 123 Å². The summed E-state index contributed by atoms with van der Waals surface area (Å²) in [4.78, 5) is 26.1. The van der Waals surface area contributed by atoms with Crippen LogP contribution in [0.25, 0.3) is 11.1 Å². The maximum atomic E-state index is 12.7. The average Bonchev–Trinajstić information content (AvgIpc) is 3.22. The molecule has 0 unspecified atom stereocenters. The van der Waals surface area contributed by atoms with E-state index >= 15 is 0 Å². The Bertz CT molecular complexity index is 1960. The van der Waals surface area contributed by atoms with E-state index in [0.717, 1.165) is 71.2 Å². The Hall–Kier alpha value is -4.93. The van der Waals surface area contributed by atoms with Crippen molar-refractivity contribution in [2.45, 2.75) is 81.5 Å². The molecule has 5 N–H and O–H groups in total. The predicted octanol–water partition coefficient (Wildman–Crippen LogP) is 9.36. The molecular weight excluding hydrogens is 695 g/mol. The van der Waals surface area contributed by atoms with Crippen molar-refractivity contribution in [3.63, 3.8) is 0 Å². The number of aliphatic hydroxyl groups excluding tert-OH is 1. The van der Waals surface area contributed by atoms with E-state index in [1.807, 2.05) is 66.7 Å². The third kappa shape index (κ3) is 11.5. The smallest absolute Gasteiger partial charge is 0.224 e. The second-order valence-electron chi connectivity index (χ2n) is 13.6. The van der Waals surface area contributed by atoms with Crippen LogP contribution in [-0.2, 0) is 32.2 Å². The number of thioether (sulfide) groups is 1. The van der Waals surface area contributed by atoms with Crippen LogP contribution in [0.3, 0.4) is 0 Å². The lowest BCUT2D eigenvalue weighted by Gasteiger charge is -2.36. The first-order valence-electron chi connectivity index (χ1n) is 18.7. The number of unbranched alkanes of at least 4 members (excludes halogenated alkanes) is 3. The summed E-state index contributed by atoms with van der Waals surface area (Å²) < 4.78 is 13.2. The zero-order chi connectivity index (χ0) is 37.5. The second-order valence-corrected chi connectivity index (χ2v) is 14.7. The van der Waals surface area contributed by atoms with E-state index in [9.17, 15) is 14.7 Å². The summed E-state index contributed by atoms with van der Waals surface area (Å²) in [7, 11) is 0. The summed E-state index contributed by atoms with van der Waals surface area (Å²) in [5.74, 6) is 0.770. The standard InChI is InChI=1S/C45H49N3O5S/c46-40-18-8-9-19-41(40)48-44(51)21-7-2-1-6-20-43(50)47-29-33-12-10-13-35(26-33)36-14-11-15-37(27-36)45-52-38(31-54-39-16-4-3-5-17-39)28-42(53-45)34-24-22-32(30-49)23-25-34/h3-5,8-19,22-27,38,42,45,49H,1-2,6-7,20-21,28-31,46H2,(H,47,50)(H,48,51)/t38-,42+,45+/m1/s1. The van der Waals surface area contributed by atoms with Gasteiger partial charge in [0, 0.05) is 42.0 Å². The number of nitrogens with one attached hydrogen (secondary N) is 2. The van der Waals surface area contributed by atoms with E-state index in [2.05, 4.69) is 59.2 Å². The Morgan fingerprint density at radius 1 is 0.704 bits per heavy atom. The van der Waals surface area contributed by atoms with E-state index < -0.39 is 6.29 Å². The van der Waals surface area contributed by atoms with Crippen LogP contribution in [0, 0.1) is 0 Å². The Labute approximate surface area is 322 Å². The maximum absolute atomic E-state index is 12.7. The van der Waals surface area contributed by atoms with Crippen LogP contribution >= 0.6 is 11.8 Å². The summed E-state index contributed by atoms with van der Waals surface area (Å²) in [5.41, 5.74) is 13.1. The normalized spacial score (nSPS) is 16.8. The van der Waals surface area contributed by atoms with Crippen LogP contribution in [0.4, 0.5) is 11.4 Å². The highest BCUT2D eigenvalue weighted by atomic mass is 32.2. The Morgan fingerprint density at radius 2 is 1.41 bits per heavy atom. The van der Waals surface area contributed by atoms with E-state index in [4.69, 9.17) is 15.2 Å². The molecule has 1 aliphatic heterocycles. The van der Waals surface area contributed by atoms with Crippen molar-refractivity contribution in [3.8, 4) is 11.1 Å². The first kappa shape index (κ1) is 38.8. The molecule has 3 atom stereocenters. The number of para-hydroxylation sites is 2. The van der Waals surface area contributed by atoms with Gasteiger partial charge in [-0.25, -0.2) is 0 Å². The molecule has 1 heterocycles. The van der Waals surface area contributed by atoms with Gasteiger partial charge in [0.2, 0.25) is 11.8 Å². The summed E-state index contributed by atoms with van der Waals surface area (Å²) in [6.07, 6.45) is 4.19. The van der Waals surface area contributed by atoms with Crippen molar-refractivity contribution in [2.24, 2.45) is 0 Å². The van der Waals surface area contributed by atoms with Crippen LogP contribution in [-0.4, -0.2) is 28.8 Å². The lowest BCUT2D eigenvalue weighted by atomic mass is 9.99. The third-order valence-electron chi connectivity index (χ3n) is 9.50. The summed E-state index contributed by atoms with van der Waals surface area (Å²) in [6, 6.07) is 42.1. The quantitative estimate of drug-likeness (QED) is 0.0425. The molecule has 1 saturated heterocycles. The number of carbonyl (C=O) groups excluding carboxylic acids is 2. The van der Waals surface area contributed by atoms with Gasteiger partial charge in [-0.2, -0.15) is 0 Å². The number of benzene rings is 5. The van der Waals surface area contributed by atoms with Gasteiger partial charge in [-0.1, -0.05) is 104 Å². The van der Waals surface area contributed by atoms with Crippen molar-refractivity contribution in [1.82, 2.24) is 5.32 Å². The molecule has 0 bridgehead atoms. The van der Waals surface area contributed by atoms with E-state index in [-0.39, 0.29) is 30.6 Å². The number of amides is 2. The largest absolute Gasteiger partial charge is 0.397 e. The second kappa shape index (κ2) is 19.9. The van der Waals surface area contributed by atoms with Crippen molar-refractivity contribution in [2.75, 3.05) is 16.8 Å². The molecule has 54 heavy (non-hydrogen) atoms. The van der Waals surface area contributed by atoms with Crippen molar-refractivity contribution >= 4 is 35.0 Å². The number of nitrogens with two attached hydrogens (primary N) is 1. The highest BCUT2D eigenvalue weighted by Crippen LogP contribution is 2.40. The first-order chi connectivity index (χ1) is 26.4. The van der Waals surface area contributed by atoms with Gasteiger partial charge in [0.05, 0.1) is 30.2 Å². The van der Waals surface area contributed by atoms with Gasteiger partial charge in [-0.15, -0.1) is 11.8 Å². The number of nitrogen functional groups attached to an aromatic ring is 1. The van der Waals surface area contributed by atoms with Crippen molar-refractivity contribution < 1.29 is 24.2 Å². The number of ether oxygens (including phenoxy) is 2. The van der Waals surface area contributed by atoms with Crippen LogP contribution in [0.15, 0.2) is 132 Å². The van der Waals surface area contributed by atoms with Crippen LogP contribution < -0.4 is 16.4 Å². The molecule has 5 aromatic carbocycles. The predicted molar refractivity (Wildman–Crippen MR) is 216 cm³/mol. The molecule has 0 aromatic heterocycles. The highest BCUT2D eigenvalue weighted by Gasteiger charge is 2.32. The summed E-state index contributed by atoms with van der Waals surface area (Å²) >= 11 is 1.78. The number of carbonyl (C=O) groups is 2. The fraction of sp³-hybridized carbons (Fsp3) is 0.289. The summed E-state index contributed by atoms with van der Waals surface area (Å²) in [6.45, 7) is 0.451. The number of aliphatic hydroxyl groups is 1. The fourth-order valence-electron chi connectivity index (χ4n) is 6.49. The van der Waals surface area contributed by atoms with Crippen LogP contribution in [0.2, 0.25) is 0 Å². The van der Waals surface area contributed by atoms with E-state index in [1.54, 1.807) is 23.9 Å². The Balaban J connectivity index is 1.00. The molecule has 0 saturated carbocycles. The van der Waals surface area contributed by atoms with Gasteiger partial charge in [-0.3, -0.25) is 9.59 Å². The molecule has 6 rings (SSSR count). The number of rotatable bonds is 17. The monoisotopic (exact) mass is 743 g/mol. The molecule has 5 aromatic rings. The number of hydrogen-bond donors (Lipinski definition) is 4. The van der Waals surface area contributed by atoms with Crippen LogP contribution in [0.5, 0.6) is 0 Å². The van der Waals surface area contributed by atoms with Crippen molar-refractivity contribution in [1.29, 1.82) is 0 Å². The highest BCUT2D eigenvalue weighted by molar-refractivity contribution is 7.99. The zero-order valence-electron chi connectivity index (χ0n) is 30.5. The molecular formula is C45H49N3O5S. The molecule has 280 valence electrons. The van der Waals surface area contributed by atoms with E-state index in [0.29, 0.717) is 30.8 Å². The lowest BCUT2D eigenvalue weighted by Crippen LogP contribution is -2.31. The summed E-state index contributed by atoms with van der Waals surface area (Å²) in [5, 5.41) is 15.5. The minimum absolute atomic E-state index is 0.00516. The average molecular weight is 744 g/mol. The maximum Gasteiger partial charge on any atom is 0.224 e. The molecule has 0 radical (unpaired) electrons. The molecule has 2 amide bonds. The molecule has 0 spiro atoms. The third-order valence-corrected chi connectivity index (χ3v) is 10.6. The number of hydrogen-bond acceptors (Lipinski definition) is 7. The van der Waals surface area contributed by atoms with Gasteiger partial charge in [-0.05, 0) is 77.1 Å². The van der Waals surface area contributed by atoms with Crippen LogP contribution in [0.1, 0.15) is 79.6 Å². The van der Waals surface area contributed by atoms with Gasteiger partial charge in [0.1, 0.15) is 0 Å². The molecule has 9 heteroatoms. The van der Waals surface area contributed by atoms with Gasteiger partial charge in [0.25, 0.3) is 0 Å².